The number of benzene rings is 2. The maximum Gasteiger partial charge on any atom is 0.165 e. The quantitative estimate of drug-likeness (QED) is 0.382. The number of nitrogen functional groups attached to an aromatic ring is 1. The molecule has 19 heavy (non-hydrogen) atoms. The Bertz CT molecular complexity index is 931. The Kier molecular flexibility index (Phi) is 1.94. The van der Waals surface area contributed by atoms with E-state index in [1.807, 2.05) is 18.2 Å². The molecule has 0 amide bonds. The van der Waals surface area contributed by atoms with Crippen LogP contribution in [0.25, 0.3) is 32.7 Å². The first-order valence-corrected chi connectivity index (χ1v) is 6.01. The van der Waals surface area contributed by atoms with Crippen molar-refractivity contribution in [2.75, 3.05) is 5.73 Å². The normalized spacial score (nSPS) is 11.4. The lowest BCUT2D eigenvalue weighted by atomic mass is 10.0. The number of anilines is 1. The van der Waals surface area contributed by atoms with E-state index in [-0.39, 0.29) is 0 Å². The van der Waals surface area contributed by atoms with E-state index in [2.05, 4.69) is 33.2 Å². The third-order valence-corrected chi connectivity index (χ3v) is 3.39. The van der Waals surface area contributed by atoms with Crippen LogP contribution in [0.4, 0.5) is 5.69 Å². The minimum atomic E-state index is 0.636. The summed E-state index contributed by atoms with van der Waals surface area (Å²) in [6.07, 6.45) is 3.20. The first-order valence-electron chi connectivity index (χ1n) is 6.01. The summed E-state index contributed by atoms with van der Waals surface area (Å²) in [5.74, 6) is 0. The SMILES string of the molecule is Nc1c2cncnc2nc2c1ccc1ccccc12. The molecule has 0 aliphatic heterocycles. The molecule has 0 saturated heterocycles. The molecule has 2 N–H and O–H groups in total. The van der Waals surface area contributed by atoms with E-state index < -0.39 is 0 Å². The average Bonchev–Trinajstić information content (AvgIpc) is 2.47. The summed E-state index contributed by atoms with van der Waals surface area (Å²) in [5, 5.41) is 3.98. The second-order valence-electron chi connectivity index (χ2n) is 4.47. The van der Waals surface area contributed by atoms with E-state index in [1.54, 1.807) is 6.20 Å². The van der Waals surface area contributed by atoms with Crippen molar-refractivity contribution in [3.05, 3.63) is 48.9 Å². The Labute approximate surface area is 108 Å². The van der Waals surface area contributed by atoms with Crippen molar-refractivity contribution >= 4 is 38.4 Å². The van der Waals surface area contributed by atoms with Crippen molar-refractivity contribution in [3.63, 3.8) is 0 Å². The van der Waals surface area contributed by atoms with Crippen molar-refractivity contribution < 1.29 is 0 Å². The topological polar surface area (TPSA) is 64.7 Å². The van der Waals surface area contributed by atoms with Crippen LogP contribution in [0.2, 0.25) is 0 Å². The van der Waals surface area contributed by atoms with Crippen LogP contribution >= 0.6 is 0 Å². The predicted molar refractivity (Wildman–Crippen MR) is 76.8 cm³/mol. The van der Waals surface area contributed by atoms with Crippen LogP contribution in [0.1, 0.15) is 0 Å². The molecule has 0 saturated carbocycles. The van der Waals surface area contributed by atoms with Gasteiger partial charge in [-0.2, -0.15) is 0 Å². The molecule has 0 unspecified atom stereocenters. The molecule has 4 aromatic rings. The highest BCUT2D eigenvalue weighted by molar-refractivity contribution is 6.14. The Balaban J connectivity index is 2.32. The van der Waals surface area contributed by atoms with Gasteiger partial charge in [-0.15, -0.1) is 0 Å². The smallest absolute Gasteiger partial charge is 0.165 e. The molecule has 0 aliphatic carbocycles. The van der Waals surface area contributed by atoms with Gasteiger partial charge in [-0.05, 0) is 5.39 Å². The second-order valence-corrected chi connectivity index (χ2v) is 4.47. The predicted octanol–water partition coefficient (Wildman–Crippen LogP) is 2.91. The van der Waals surface area contributed by atoms with Gasteiger partial charge in [0.25, 0.3) is 0 Å². The van der Waals surface area contributed by atoms with Crippen LogP contribution in [0.5, 0.6) is 0 Å². The first kappa shape index (κ1) is 10.2. The molecule has 4 heteroatoms. The zero-order chi connectivity index (χ0) is 12.8. The molecule has 0 fully saturated rings. The van der Waals surface area contributed by atoms with Crippen molar-refractivity contribution in [1.82, 2.24) is 15.0 Å². The fourth-order valence-electron chi connectivity index (χ4n) is 2.45. The van der Waals surface area contributed by atoms with Crippen molar-refractivity contribution in [2.45, 2.75) is 0 Å². The summed E-state index contributed by atoms with van der Waals surface area (Å²) in [4.78, 5) is 12.8. The summed E-state index contributed by atoms with van der Waals surface area (Å²) in [6.45, 7) is 0. The van der Waals surface area contributed by atoms with E-state index in [0.717, 1.165) is 27.1 Å². The van der Waals surface area contributed by atoms with E-state index in [1.165, 1.54) is 6.33 Å². The van der Waals surface area contributed by atoms with Gasteiger partial charge in [0.1, 0.15) is 6.33 Å². The Morgan fingerprint density at radius 2 is 1.79 bits per heavy atom. The highest BCUT2D eigenvalue weighted by Gasteiger charge is 2.09. The molecule has 0 radical (unpaired) electrons. The molecule has 2 heterocycles. The fraction of sp³-hybridized carbons (Fsp3) is 0. The minimum absolute atomic E-state index is 0.636. The monoisotopic (exact) mass is 246 g/mol. The first-order chi connectivity index (χ1) is 9.34. The van der Waals surface area contributed by atoms with Crippen LogP contribution in [-0.2, 0) is 0 Å². The standard InChI is InChI=1S/C15H10N4/c16-13-11-6-5-9-3-1-2-4-10(9)14(11)19-15-12(13)7-17-8-18-15/h1-8H,(H2,16,17,18,19). The Morgan fingerprint density at radius 3 is 2.74 bits per heavy atom. The van der Waals surface area contributed by atoms with Gasteiger partial charge in [0.2, 0.25) is 0 Å². The minimum Gasteiger partial charge on any atom is -0.398 e. The number of hydrogen-bond acceptors (Lipinski definition) is 4. The average molecular weight is 246 g/mol. The molecular formula is C15H10N4. The molecule has 2 aromatic carbocycles. The molecule has 4 rings (SSSR count). The maximum absolute atomic E-state index is 6.23. The lowest BCUT2D eigenvalue weighted by molar-refractivity contribution is 1.20. The van der Waals surface area contributed by atoms with Gasteiger partial charge in [0.15, 0.2) is 5.65 Å². The summed E-state index contributed by atoms with van der Waals surface area (Å²) >= 11 is 0. The van der Waals surface area contributed by atoms with Crippen LogP contribution in [-0.4, -0.2) is 15.0 Å². The van der Waals surface area contributed by atoms with E-state index in [4.69, 9.17) is 5.73 Å². The number of nitrogens with two attached hydrogens (primary N) is 1. The number of fused-ring (bicyclic) bond motifs is 4. The van der Waals surface area contributed by atoms with Crippen molar-refractivity contribution in [1.29, 1.82) is 0 Å². The van der Waals surface area contributed by atoms with Crippen LogP contribution in [0.15, 0.2) is 48.9 Å². The van der Waals surface area contributed by atoms with Crippen LogP contribution in [0, 0.1) is 0 Å². The van der Waals surface area contributed by atoms with Gasteiger partial charge in [-0.1, -0.05) is 36.4 Å². The fourth-order valence-corrected chi connectivity index (χ4v) is 2.45. The summed E-state index contributed by atoms with van der Waals surface area (Å²) in [7, 11) is 0. The van der Waals surface area contributed by atoms with Gasteiger partial charge in [-0.25, -0.2) is 15.0 Å². The van der Waals surface area contributed by atoms with Gasteiger partial charge in [0, 0.05) is 17.0 Å². The van der Waals surface area contributed by atoms with Gasteiger partial charge < -0.3 is 5.73 Å². The highest BCUT2D eigenvalue weighted by atomic mass is 14.9. The Morgan fingerprint density at radius 1 is 0.895 bits per heavy atom. The third kappa shape index (κ3) is 1.37. The molecule has 0 spiro atoms. The summed E-state index contributed by atoms with van der Waals surface area (Å²) < 4.78 is 0. The van der Waals surface area contributed by atoms with Crippen molar-refractivity contribution in [3.8, 4) is 0 Å². The molecular weight excluding hydrogens is 236 g/mol. The number of rotatable bonds is 0. The van der Waals surface area contributed by atoms with E-state index in [9.17, 15) is 0 Å². The summed E-state index contributed by atoms with van der Waals surface area (Å²) in [5.41, 5.74) is 8.44. The van der Waals surface area contributed by atoms with Gasteiger partial charge in [0.05, 0.1) is 16.6 Å². The Hall–Kier alpha value is -2.75. The zero-order valence-electron chi connectivity index (χ0n) is 10.0. The molecule has 0 aliphatic rings. The molecule has 4 nitrogen and oxygen atoms in total. The number of aromatic nitrogens is 3. The highest BCUT2D eigenvalue weighted by Crippen LogP contribution is 2.31. The lowest BCUT2D eigenvalue weighted by Gasteiger charge is -2.07. The van der Waals surface area contributed by atoms with Crippen LogP contribution in [0.3, 0.4) is 0 Å². The zero-order valence-corrected chi connectivity index (χ0v) is 10.0. The lowest BCUT2D eigenvalue weighted by Crippen LogP contribution is -1.95. The number of pyridine rings is 1. The summed E-state index contributed by atoms with van der Waals surface area (Å²) in [6, 6.07) is 12.2. The van der Waals surface area contributed by atoms with Crippen LogP contribution < -0.4 is 5.73 Å². The van der Waals surface area contributed by atoms with Crippen molar-refractivity contribution in [2.24, 2.45) is 0 Å². The molecule has 2 aromatic heterocycles. The third-order valence-electron chi connectivity index (χ3n) is 3.39. The number of nitrogens with zero attached hydrogens (tertiary/aromatic N) is 3. The number of hydrogen-bond donors (Lipinski definition) is 1. The maximum atomic E-state index is 6.23. The molecule has 0 atom stereocenters. The van der Waals surface area contributed by atoms with E-state index in [0.29, 0.717) is 11.3 Å². The largest absolute Gasteiger partial charge is 0.398 e. The van der Waals surface area contributed by atoms with Gasteiger partial charge in [-0.3, -0.25) is 0 Å². The van der Waals surface area contributed by atoms with Gasteiger partial charge >= 0.3 is 0 Å². The molecule has 90 valence electrons. The second kappa shape index (κ2) is 3.62. The molecule has 0 bridgehead atoms. The van der Waals surface area contributed by atoms with E-state index >= 15 is 0 Å².